The Kier molecular flexibility index (Phi) is 3.88. The van der Waals surface area contributed by atoms with Crippen LogP contribution in [0.4, 0.5) is 0 Å². The second kappa shape index (κ2) is 5.14. The van der Waals surface area contributed by atoms with Gasteiger partial charge >= 0.3 is 0 Å². The monoisotopic (exact) mass is 264 g/mol. The van der Waals surface area contributed by atoms with Gasteiger partial charge < -0.3 is 15.6 Å². The maximum absolute atomic E-state index is 9.86. The third-order valence-corrected chi connectivity index (χ3v) is 5.04. The van der Waals surface area contributed by atoms with Gasteiger partial charge in [-0.3, -0.25) is 0 Å². The average molecular weight is 264 g/mol. The number of hydrogen-bond donors (Lipinski definition) is 2. The predicted molar refractivity (Wildman–Crippen MR) is 76.1 cm³/mol. The molecule has 0 bridgehead atoms. The van der Waals surface area contributed by atoms with Crippen LogP contribution in [0.2, 0.25) is 0 Å². The average Bonchev–Trinajstić information content (AvgIpc) is 2.38. The van der Waals surface area contributed by atoms with Crippen molar-refractivity contribution in [3.63, 3.8) is 0 Å². The molecule has 0 amide bonds. The summed E-state index contributed by atoms with van der Waals surface area (Å²) in [6.07, 6.45) is 2.04. The topological polar surface area (TPSA) is 57.1 Å². The molecule has 0 radical (unpaired) electrons. The zero-order valence-electron chi connectivity index (χ0n) is 12.4. The molecule has 19 heavy (non-hydrogen) atoms. The summed E-state index contributed by atoms with van der Waals surface area (Å²) in [6, 6.07) is 5.95. The summed E-state index contributed by atoms with van der Waals surface area (Å²) >= 11 is 0. The minimum Gasteiger partial charge on any atom is -0.508 e. The Hall–Kier alpha value is -1.06. The van der Waals surface area contributed by atoms with Crippen LogP contribution in [0.25, 0.3) is 0 Å². The number of phenolic OH excluding ortho intramolecular Hbond substituents is 1. The number of phenols is 1. The maximum atomic E-state index is 9.86. The van der Waals surface area contributed by atoms with Crippen LogP contribution < -0.4 is 5.73 Å². The fraction of sp³-hybridized carbons (Fsp3) is 0.625. The number of rotatable bonds is 3. The molecule has 0 spiro atoms. The molecular weight excluding hydrogens is 238 g/mol. The van der Waals surface area contributed by atoms with Gasteiger partial charge in [-0.15, -0.1) is 0 Å². The Morgan fingerprint density at radius 2 is 2.16 bits per heavy atom. The zero-order valence-corrected chi connectivity index (χ0v) is 12.4. The molecular formula is C16H26NO2+. The summed E-state index contributed by atoms with van der Waals surface area (Å²) in [5.41, 5.74) is 6.95. The molecule has 0 saturated heterocycles. The molecule has 3 atom stereocenters. The quantitative estimate of drug-likeness (QED) is 0.875. The van der Waals surface area contributed by atoms with Crippen molar-refractivity contribution in [2.45, 2.75) is 51.2 Å². The van der Waals surface area contributed by atoms with Gasteiger partial charge in [0, 0.05) is 13.5 Å². The van der Waals surface area contributed by atoms with E-state index in [1.807, 2.05) is 12.1 Å². The van der Waals surface area contributed by atoms with E-state index in [9.17, 15) is 5.11 Å². The minimum atomic E-state index is -0.0208. The predicted octanol–water partition coefficient (Wildman–Crippen LogP) is 1.88. The summed E-state index contributed by atoms with van der Waals surface area (Å²) in [6.45, 7) is 6.70. The number of fused-ring (bicyclic) bond motifs is 1. The first-order valence-electron chi connectivity index (χ1n) is 7.15. The van der Waals surface area contributed by atoms with Crippen molar-refractivity contribution in [2.75, 3.05) is 7.11 Å². The normalized spacial score (nSPS) is 30.4. The van der Waals surface area contributed by atoms with E-state index in [2.05, 4.69) is 26.5 Å². The van der Waals surface area contributed by atoms with E-state index in [-0.39, 0.29) is 17.6 Å². The highest BCUT2D eigenvalue weighted by Gasteiger charge is 2.50. The lowest BCUT2D eigenvalue weighted by molar-refractivity contribution is -0.461. The number of aromatic hydroxyl groups is 1. The van der Waals surface area contributed by atoms with Crippen molar-refractivity contribution in [3.8, 4) is 5.75 Å². The van der Waals surface area contributed by atoms with Crippen LogP contribution in [0.1, 0.15) is 38.3 Å². The lowest BCUT2D eigenvalue weighted by atomic mass is 9.59. The molecule has 1 aromatic carbocycles. The third-order valence-electron chi connectivity index (χ3n) is 5.04. The van der Waals surface area contributed by atoms with Crippen molar-refractivity contribution in [3.05, 3.63) is 29.3 Å². The van der Waals surface area contributed by atoms with Crippen LogP contribution in [0, 0.1) is 5.92 Å². The van der Waals surface area contributed by atoms with E-state index in [0.29, 0.717) is 11.7 Å². The molecule has 4 N–H and O–H groups in total. The van der Waals surface area contributed by atoms with Crippen molar-refractivity contribution >= 4 is 0 Å². The van der Waals surface area contributed by atoms with Crippen LogP contribution in [0.3, 0.4) is 0 Å². The first-order valence-corrected chi connectivity index (χ1v) is 7.15. The first-order chi connectivity index (χ1) is 8.97. The molecule has 1 aromatic rings. The van der Waals surface area contributed by atoms with Gasteiger partial charge in [0.1, 0.15) is 17.9 Å². The largest absolute Gasteiger partial charge is 0.508 e. The van der Waals surface area contributed by atoms with E-state index in [0.717, 1.165) is 12.8 Å². The highest BCUT2D eigenvalue weighted by atomic mass is 16.5. The molecule has 0 saturated carbocycles. The number of quaternary nitrogens is 1. The molecule has 2 rings (SSSR count). The van der Waals surface area contributed by atoms with Crippen molar-refractivity contribution in [1.82, 2.24) is 0 Å². The fourth-order valence-corrected chi connectivity index (χ4v) is 3.91. The van der Waals surface area contributed by atoms with Gasteiger partial charge in [0.15, 0.2) is 0 Å². The van der Waals surface area contributed by atoms with Crippen LogP contribution >= 0.6 is 0 Å². The standard InChI is InChI=1S/C16H25NO2/c1-5-16(10(2)3)13-9-12(18)7-6-11(13)8-14(19-4)15(16)17/h6-7,9-10,14-15,18H,5,8,17H2,1-4H3/p+1. The van der Waals surface area contributed by atoms with Gasteiger partial charge in [0.2, 0.25) is 0 Å². The molecule has 0 heterocycles. The highest BCUT2D eigenvalue weighted by Crippen LogP contribution is 2.45. The Morgan fingerprint density at radius 1 is 1.47 bits per heavy atom. The van der Waals surface area contributed by atoms with E-state index < -0.39 is 0 Å². The van der Waals surface area contributed by atoms with Crippen LogP contribution in [0.15, 0.2) is 18.2 Å². The fourth-order valence-electron chi connectivity index (χ4n) is 3.91. The second-order valence-corrected chi connectivity index (χ2v) is 5.97. The van der Waals surface area contributed by atoms with Gasteiger partial charge in [-0.25, -0.2) is 0 Å². The van der Waals surface area contributed by atoms with Gasteiger partial charge in [-0.05, 0) is 35.6 Å². The summed E-state index contributed by atoms with van der Waals surface area (Å²) in [5.74, 6) is 0.804. The van der Waals surface area contributed by atoms with Crippen LogP contribution in [-0.4, -0.2) is 24.4 Å². The lowest BCUT2D eigenvalue weighted by Gasteiger charge is -2.47. The summed E-state index contributed by atoms with van der Waals surface area (Å²) < 4.78 is 5.67. The van der Waals surface area contributed by atoms with Crippen LogP contribution in [-0.2, 0) is 16.6 Å². The number of hydrogen-bond acceptors (Lipinski definition) is 2. The van der Waals surface area contributed by atoms with Crippen molar-refractivity contribution in [2.24, 2.45) is 5.92 Å². The molecule has 1 aliphatic rings. The zero-order chi connectivity index (χ0) is 14.2. The second-order valence-electron chi connectivity index (χ2n) is 5.97. The molecule has 0 aliphatic heterocycles. The molecule has 0 aromatic heterocycles. The summed E-state index contributed by atoms with van der Waals surface area (Å²) in [7, 11) is 1.77. The van der Waals surface area contributed by atoms with Gasteiger partial charge in [-0.2, -0.15) is 0 Å². The molecule has 106 valence electrons. The van der Waals surface area contributed by atoms with Gasteiger partial charge in [-0.1, -0.05) is 26.8 Å². The smallest absolute Gasteiger partial charge is 0.121 e. The molecule has 3 nitrogen and oxygen atoms in total. The molecule has 3 heteroatoms. The Balaban J connectivity index is 2.65. The maximum Gasteiger partial charge on any atom is 0.121 e. The third kappa shape index (κ3) is 2.05. The molecule has 1 aliphatic carbocycles. The van der Waals surface area contributed by atoms with E-state index in [1.54, 1.807) is 13.2 Å². The lowest BCUT2D eigenvalue weighted by Crippen LogP contribution is -2.77. The van der Waals surface area contributed by atoms with E-state index in [1.165, 1.54) is 11.1 Å². The molecule has 0 fully saturated rings. The molecule has 3 unspecified atom stereocenters. The first kappa shape index (κ1) is 14.4. The highest BCUT2D eigenvalue weighted by molar-refractivity contribution is 5.44. The van der Waals surface area contributed by atoms with Crippen molar-refractivity contribution < 1.29 is 15.6 Å². The Labute approximate surface area is 115 Å². The van der Waals surface area contributed by atoms with Crippen LogP contribution in [0.5, 0.6) is 5.75 Å². The van der Waals surface area contributed by atoms with Crippen molar-refractivity contribution in [1.29, 1.82) is 0 Å². The number of benzene rings is 1. The number of ether oxygens (including phenoxy) is 1. The Bertz CT molecular complexity index is 458. The number of methoxy groups -OCH3 is 1. The van der Waals surface area contributed by atoms with E-state index in [4.69, 9.17) is 4.74 Å². The van der Waals surface area contributed by atoms with Gasteiger partial charge in [0.25, 0.3) is 0 Å². The van der Waals surface area contributed by atoms with E-state index >= 15 is 0 Å². The summed E-state index contributed by atoms with van der Waals surface area (Å²) in [5, 5.41) is 9.86. The summed E-state index contributed by atoms with van der Waals surface area (Å²) in [4.78, 5) is 0. The minimum absolute atomic E-state index is 0.0208. The SMILES string of the molecule is CCC1(C(C)C)c2cc(O)ccc2CC(OC)C1[NH3+]. The Morgan fingerprint density at radius 3 is 2.68 bits per heavy atom. The van der Waals surface area contributed by atoms with Gasteiger partial charge in [0.05, 0.1) is 5.41 Å².